The number of carbonyl (C=O) groups is 2. The van der Waals surface area contributed by atoms with Crippen LogP contribution >= 0.6 is 0 Å². The highest BCUT2D eigenvalue weighted by Crippen LogP contribution is 2.31. The van der Waals surface area contributed by atoms with Crippen LogP contribution in [0, 0.1) is 0 Å². The van der Waals surface area contributed by atoms with Gasteiger partial charge >= 0.3 is 0 Å². The number of Topliss-reactive ketones (excluding diaryl/α,β-unsaturated/α-hetero) is 1. The second-order valence-corrected chi connectivity index (χ2v) is 9.17. The molecular formula is C26H32N4O3. The number of nitrogens with one attached hydrogen (secondary N) is 1. The highest BCUT2D eigenvalue weighted by Gasteiger charge is 2.24. The Bertz CT molecular complexity index is 1030. The average molecular weight is 449 g/mol. The van der Waals surface area contributed by atoms with Gasteiger partial charge in [-0.3, -0.25) is 14.5 Å². The molecule has 33 heavy (non-hydrogen) atoms. The van der Waals surface area contributed by atoms with Crippen LogP contribution in [0.15, 0.2) is 30.3 Å². The zero-order valence-electron chi connectivity index (χ0n) is 19.1. The number of ether oxygens (including phenoxy) is 1. The molecule has 174 valence electrons. The molecule has 1 saturated heterocycles. The second-order valence-electron chi connectivity index (χ2n) is 9.17. The molecule has 0 radical (unpaired) electrons. The summed E-state index contributed by atoms with van der Waals surface area (Å²) in [7, 11) is 0. The van der Waals surface area contributed by atoms with Crippen LogP contribution in [0.1, 0.15) is 53.6 Å². The molecule has 0 spiro atoms. The van der Waals surface area contributed by atoms with Crippen LogP contribution in [0.2, 0.25) is 0 Å². The fraction of sp³-hybridized carbons (Fsp3) is 0.500. The van der Waals surface area contributed by atoms with Crippen molar-refractivity contribution in [2.75, 3.05) is 49.5 Å². The summed E-state index contributed by atoms with van der Waals surface area (Å²) in [6.07, 6.45) is 6.00. The number of piperazine rings is 1. The van der Waals surface area contributed by atoms with E-state index in [-0.39, 0.29) is 5.91 Å². The fourth-order valence-electron chi connectivity index (χ4n) is 5.09. The average Bonchev–Trinajstić information content (AvgIpc) is 2.84. The third kappa shape index (κ3) is 5.03. The van der Waals surface area contributed by atoms with Crippen molar-refractivity contribution in [2.24, 2.45) is 0 Å². The molecule has 7 heteroatoms. The summed E-state index contributed by atoms with van der Waals surface area (Å²) in [5, 5.41) is 2.82. The Morgan fingerprint density at radius 3 is 2.70 bits per heavy atom. The molecule has 1 N–H and O–H groups in total. The molecule has 2 aromatic rings. The van der Waals surface area contributed by atoms with E-state index in [1.165, 1.54) is 11.3 Å². The minimum atomic E-state index is 0.0212. The summed E-state index contributed by atoms with van der Waals surface area (Å²) in [5.41, 5.74) is 4.54. The summed E-state index contributed by atoms with van der Waals surface area (Å²) in [5.74, 6) is 1.54. The van der Waals surface area contributed by atoms with E-state index in [1.807, 2.05) is 24.3 Å². The van der Waals surface area contributed by atoms with Gasteiger partial charge in [-0.05, 0) is 61.9 Å². The minimum Gasteiger partial charge on any atom is -0.478 e. The van der Waals surface area contributed by atoms with Gasteiger partial charge in [-0.15, -0.1) is 0 Å². The molecule has 0 bridgehead atoms. The van der Waals surface area contributed by atoms with E-state index in [1.54, 1.807) is 0 Å². The molecule has 3 aliphatic rings. The Morgan fingerprint density at radius 1 is 0.939 bits per heavy atom. The summed E-state index contributed by atoms with van der Waals surface area (Å²) >= 11 is 0. The highest BCUT2D eigenvalue weighted by atomic mass is 16.5. The molecule has 1 aromatic carbocycles. The molecule has 1 amide bonds. The van der Waals surface area contributed by atoms with Gasteiger partial charge in [0.15, 0.2) is 5.78 Å². The molecule has 0 atom stereocenters. The van der Waals surface area contributed by atoms with Crippen LogP contribution in [0.5, 0.6) is 5.88 Å². The fourth-order valence-corrected chi connectivity index (χ4v) is 5.09. The highest BCUT2D eigenvalue weighted by molar-refractivity contribution is 6.00. The van der Waals surface area contributed by atoms with Gasteiger partial charge in [0.1, 0.15) is 5.82 Å². The van der Waals surface area contributed by atoms with Crippen molar-refractivity contribution in [1.29, 1.82) is 0 Å². The van der Waals surface area contributed by atoms with Crippen LogP contribution in [0.4, 0.5) is 11.5 Å². The smallest absolute Gasteiger partial charge is 0.225 e. The number of benzene rings is 1. The van der Waals surface area contributed by atoms with E-state index in [4.69, 9.17) is 4.74 Å². The van der Waals surface area contributed by atoms with Crippen LogP contribution in [-0.2, 0) is 17.6 Å². The molecule has 3 heterocycles. The predicted molar refractivity (Wildman–Crippen MR) is 128 cm³/mol. The molecule has 7 nitrogen and oxygen atoms in total. The first-order valence-corrected chi connectivity index (χ1v) is 12.2. The Kier molecular flexibility index (Phi) is 6.58. The number of aromatic nitrogens is 1. The van der Waals surface area contributed by atoms with Gasteiger partial charge < -0.3 is 15.0 Å². The quantitative estimate of drug-likeness (QED) is 0.654. The molecule has 0 saturated carbocycles. The molecule has 0 unspecified atom stereocenters. The maximum Gasteiger partial charge on any atom is 0.225 e. The van der Waals surface area contributed by atoms with Crippen LogP contribution < -0.4 is 15.0 Å². The largest absolute Gasteiger partial charge is 0.478 e. The van der Waals surface area contributed by atoms with E-state index in [2.05, 4.69) is 26.2 Å². The van der Waals surface area contributed by atoms with E-state index >= 15 is 0 Å². The lowest BCUT2D eigenvalue weighted by Gasteiger charge is -2.37. The Hall–Kier alpha value is -2.93. The van der Waals surface area contributed by atoms with Gasteiger partial charge in [0.25, 0.3) is 0 Å². The van der Waals surface area contributed by atoms with Crippen molar-refractivity contribution in [3.05, 3.63) is 47.0 Å². The lowest BCUT2D eigenvalue weighted by molar-refractivity contribution is -0.116. The van der Waals surface area contributed by atoms with Crippen molar-refractivity contribution in [3.8, 4) is 5.88 Å². The molecule has 5 rings (SSSR count). The number of unbranched alkanes of at least 4 members (excludes halogenated alkanes) is 1. The lowest BCUT2D eigenvalue weighted by atomic mass is 9.89. The first kappa shape index (κ1) is 21.9. The summed E-state index contributed by atoms with van der Waals surface area (Å²) < 4.78 is 5.82. The Balaban J connectivity index is 1.04. The van der Waals surface area contributed by atoms with Gasteiger partial charge in [0, 0.05) is 56.3 Å². The van der Waals surface area contributed by atoms with Crippen molar-refractivity contribution < 1.29 is 14.3 Å². The van der Waals surface area contributed by atoms with E-state index in [0.29, 0.717) is 36.9 Å². The standard InChI is InChI=1S/C26H32N4O3/c31-23-8-4-5-20-21(23)6-3-7-22(20)30-16-14-29(15-17-30)13-1-2-18-33-25-12-10-19-9-11-24(32)27-26(19)28-25/h3,6-7,10,12H,1-2,4-5,8-9,11,13-18H2,(H,27,28,32). The summed E-state index contributed by atoms with van der Waals surface area (Å²) in [6, 6.07) is 10.1. The number of pyridine rings is 1. The minimum absolute atomic E-state index is 0.0212. The normalized spacial score (nSPS) is 18.5. The van der Waals surface area contributed by atoms with E-state index in [0.717, 1.165) is 76.0 Å². The molecule has 2 aliphatic heterocycles. The zero-order chi connectivity index (χ0) is 22.6. The van der Waals surface area contributed by atoms with Gasteiger partial charge in [0.2, 0.25) is 11.8 Å². The Labute approximate surface area is 195 Å². The summed E-state index contributed by atoms with van der Waals surface area (Å²) in [6.45, 7) is 5.80. The van der Waals surface area contributed by atoms with Crippen molar-refractivity contribution in [1.82, 2.24) is 9.88 Å². The third-order valence-corrected chi connectivity index (χ3v) is 6.95. The number of ketones is 1. The van der Waals surface area contributed by atoms with Crippen LogP contribution in [0.25, 0.3) is 0 Å². The molecule has 1 fully saturated rings. The number of hydrogen-bond acceptors (Lipinski definition) is 6. The van der Waals surface area contributed by atoms with Crippen LogP contribution in [0.3, 0.4) is 0 Å². The lowest BCUT2D eigenvalue weighted by Crippen LogP contribution is -2.47. The number of amides is 1. The number of nitrogens with zero attached hydrogens (tertiary/aromatic N) is 3. The summed E-state index contributed by atoms with van der Waals surface area (Å²) in [4.78, 5) is 33.2. The Morgan fingerprint density at radius 2 is 1.82 bits per heavy atom. The monoisotopic (exact) mass is 448 g/mol. The number of aryl methyl sites for hydroxylation is 1. The van der Waals surface area contributed by atoms with Gasteiger partial charge in [-0.2, -0.15) is 4.98 Å². The number of rotatable bonds is 7. The number of carbonyl (C=O) groups excluding carboxylic acids is 2. The maximum absolute atomic E-state index is 12.3. The molecular weight excluding hydrogens is 416 g/mol. The van der Waals surface area contributed by atoms with Gasteiger partial charge in [0.05, 0.1) is 6.61 Å². The van der Waals surface area contributed by atoms with E-state index in [9.17, 15) is 9.59 Å². The predicted octanol–water partition coefficient (Wildman–Crippen LogP) is 3.47. The zero-order valence-corrected chi connectivity index (χ0v) is 19.1. The van der Waals surface area contributed by atoms with Gasteiger partial charge in [-0.1, -0.05) is 12.1 Å². The van der Waals surface area contributed by atoms with Crippen molar-refractivity contribution in [2.45, 2.75) is 44.9 Å². The molecule has 1 aromatic heterocycles. The number of hydrogen-bond donors (Lipinski definition) is 1. The first-order chi connectivity index (χ1) is 16.2. The number of anilines is 2. The van der Waals surface area contributed by atoms with Crippen molar-refractivity contribution >= 4 is 23.2 Å². The topological polar surface area (TPSA) is 74.8 Å². The number of fused-ring (bicyclic) bond motifs is 2. The second kappa shape index (κ2) is 9.91. The maximum atomic E-state index is 12.3. The molecule has 1 aliphatic carbocycles. The van der Waals surface area contributed by atoms with E-state index < -0.39 is 0 Å². The van der Waals surface area contributed by atoms with Gasteiger partial charge in [-0.25, -0.2) is 0 Å². The van der Waals surface area contributed by atoms with Crippen LogP contribution in [-0.4, -0.2) is 60.9 Å². The SMILES string of the molecule is O=C1CCc2ccc(OCCCCN3CCN(c4cccc5c4CCCC5=O)CC3)nc2N1. The van der Waals surface area contributed by atoms with Crippen molar-refractivity contribution in [3.63, 3.8) is 0 Å². The third-order valence-electron chi connectivity index (χ3n) is 6.95. The first-order valence-electron chi connectivity index (χ1n) is 12.2.